The van der Waals surface area contributed by atoms with Crippen LogP contribution < -0.4 is 10.1 Å². The minimum atomic E-state index is -0.0640. The molecule has 0 unspecified atom stereocenters. The lowest BCUT2D eigenvalue weighted by atomic mass is 10.00. The highest BCUT2D eigenvalue weighted by Gasteiger charge is 2.16. The molecular formula is C23H31NO2S. The first-order chi connectivity index (χ1) is 13.3. The van der Waals surface area contributed by atoms with Crippen molar-refractivity contribution in [2.45, 2.75) is 38.5 Å². The number of nitrogens with one attached hydrogen (secondary N) is 1. The fraction of sp³-hybridized carbons (Fsp3) is 0.435. The Kier molecular flexibility index (Phi) is 10.5. The number of para-hydroxylation sites is 1. The Morgan fingerprint density at radius 1 is 0.889 bits per heavy atom. The third kappa shape index (κ3) is 9.00. The molecule has 0 fully saturated rings. The van der Waals surface area contributed by atoms with Crippen molar-refractivity contribution < 1.29 is 9.53 Å². The van der Waals surface area contributed by atoms with Crippen LogP contribution in [0.25, 0.3) is 0 Å². The minimum absolute atomic E-state index is 0.0640. The molecule has 0 heterocycles. The van der Waals surface area contributed by atoms with Crippen molar-refractivity contribution in [3.63, 3.8) is 0 Å². The number of rotatable bonds is 13. The molecule has 2 aromatic rings. The van der Waals surface area contributed by atoms with Crippen molar-refractivity contribution in [3.05, 3.63) is 66.2 Å². The van der Waals surface area contributed by atoms with Gasteiger partial charge < -0.3 is 10.1 Å². The smallest absolute Gasteiger partial charge is 0.224 e. The van der Waals surface area contributed by atoms with Crippen molar-refractivity contribution in [1.29, 1.82) is 0 Å². The fourth-order valence-electron chi connectivity index (χ4n) is 2.96. The van der Waals surface area contributed by atoms with E-state index in [2.05, 4.69) is 30.1 Å². The van der Waals surface area contributed by atoms with Gasteiger partial charge in [0.15, 0.2) is 0 Å². The zero-order chi connectivity index (χ0) is 19.2. The molecule has 0 bridgehead atoms. The first kappa shape index (κ1) is 21.4. The zero-order valence-corrected chi connectivity index (χ0v) is 16.9. The lowest BCUT2D eigenvalue weighted by Crippen LogP contribution is -2.33. The van der Waals surface area contributed by atoms with Gasteiger partial charge in [0.1, 0.15) is 5.75 Å². The number of benzene rings is 2. The van der Waals surface area contributed by atoms with Crippen LogP contribution in [0.2, 0.25) is 0 Å². The Hall–Kier alpha value is -1.94. The predicted octanol–water partition coefficient (Wildman–Crippen LogP) is 4.92. The number of thiol groups is 1. The van der Waals surface area contributed by atoms with Gasteiger partial charge in [-0.2, -0.15) is 12.6 Å². The molecule has 0 aliphatic heterocycles. The van der Waals surface area contributed by atoms with Gasteiger partial charge in [0.25, 0.3) is 0 Å². The van der Waals surface area contributed by atoms with Gasteiger partial charge in [0.05, 0.1) is 12.5 Å². The van der Waals surface area contributed by atoms with E-state index in [9.17, 15) is 4.79 Å². The average Bonchev–Trinajstić information content (AvgIpc) is 2.72. The number of ether oxygens (including phenoxy) is 1. The Morgan fingerprint density at radius 3 is 2.22 bits per heavy atom. The van der Waals surface area contributed by atoms with Crippen LogP contribution in [0.5, 0.6) is 5.75 Å². The number of unbranched alkanes of at least 4 members (excludes halogenated alkanes) is 4. The highest BCUT2D eigenvalue weighted by molar-refractivity contribution is 7.80. The Balaban J connectivity index is 1.48. The van der Waals surface area contributed by atoms with Crippen LogP contribution in [0.15, 0.2) is 60.7 Å². The summed E-state index contributed by atoms with van der Waals surface area (Å²) >= 11 is 4.35. The van der Waals surface area contributed by atoms with Gasteiger partial charge in [-0.05, 0) is 37.0 Å². The topological polar surface area (TPSA) is 38.3 Å². The first-order valence-corrected chi connectivity index (χ1v) is 10.5. The maximum absolute atomic E-state index is 12.3. The molecule has 0 radical (unpaired) electrons. The molecule has 4 heteroatoms. The Labute approximate surface area is 168 Å². The van der Waals surface area contributed by atoms with Gasteiger partial charge in [-0.3, -0.25) is 4.79 Å². The second-order valence-electron chi connectivity index (χ2n) is 6.79. The Morgan fingerprint density at radius 2 is 1.52 bits per heavy atom. The summed E-state index contributed by atoms with van der Waals surface area (Å²) in [7, 11) is 0. The number of carbonyl (C=O) groups is 1. The van der Waals surface area contributed by atoms with E-state index in [0.717, 1.165) is 51.0 Å². The summed E-state index contributed by atoms with van der Waals surface area (Å²) in [4.78, 5) is 12.3. The van der Waals surface area contributed by atoms with Crippen molar-refractivity contribution >= 4 is 18.5 Å². The molecule has 2 aromatic carbocycles. The number of amides is 1. The SMILES string of the molecule is O=C(NCCCCCCCOc1ccccc1)[C@@H](CS)Cc1ccccc1. The molecule has 1 amide bonds. The maximum atomic E-state index is 12.3. The van der Waals surface area contributed by atoms with E-state index >= 15 is 0 Å². The van der Waals surface area contributed by atoms with Crippen molar-refractivity contribution in [2.75, 3.05) is 18.9 Å². The summed E-state index contributed by atoms with van der Waals surface area (Å²) in [5, 5.41) is 3.06. The van der Waals surface area contributed by atoms with Gasteiger partial charge in [-0.25, -0.2) is 0 Å². The van der Waals surface area contributed by atoms with Crippen LogP contribution in [-0.4, -0.2) is 24.8 Å². The Bertz CT molecular complexity index is 633. The minimum Gasteiger partial charge on any atom is -0.494 e. The van der Waals surface area contributed by atoms with Gasteiger partial charge in [-0.1, -0.05) is 67.8 Å². The molecule has 2 rings (SSSR count). The lowest BCUT2D eigenvalue weighted by Gasteiger charge is -2.14. The van der Waals surface area contributed by atoms with Gasteiger partial charge in [0, 0.05) is 12.3 Å². The van der Waals surface area contributed by atoms with Gasteiger partial charge in [-0.15, -0.1) is 0 Å². The van der Waals surface area contributed by atoms with Crippen LogP contribution in [-0.2, 0) is 11.2 Å². The molecule has 0 aliphatic rings. The molecule has 1 atom stereocenters. The highest BCUT2D eigenvalue weighted by Crippen LogP contribution is 2.12. The van der Waals surface area contributed by atoms with Crippen molar-refractivity contribution in [2.24, 2.45) is 5.92 Å². The van der Waals surface area contributed by atoms with Crippen LogP contribution >= 0.6 is 12.6 Å². The highest BCUT2D eigenvalue weighted by atomic mass is 32.1. The first-order valence-electron chi connectivity index (χ1n) is 9.90. The van der Waals surface area contributed by atoms with E-state index in [1.54, 1.807) is 0 Å². The van der Waals surface area contributed by atoms with E-state index in [-0.39, 0.29) is 11.8 Å². The molecule has 27 heavy (non-hydrogen) atoms. The maximum Gasteiger partial charge on any atom is 0.224 e. The van der Waals surface area contributed by atoms with Crippen LogP contribution in [0.3, 0.4) is 0 Å². The third-order valence-electron chi connectivity index (χ3n) is 4.55. The lowest BCUT2D eigenvalue weighted by molar-refractivity contribution is -0.124. The molecule has 0 saturated heterocycles. The second-order valence-corrected chi connectivity index (χ2v) is 7.15. The quantitative estimate of drug-likeness (QED) is 0.379. The third-order valence-corrected chi connectivity index (χ3v) is 4.99. The standard InChI is InChI=1S/C23H31NO2S/c25-23(21(19-27)18-20-12-6-4-7-13-20)24-16-10-2-1-3-11-17-26-22-14-8-5-9-15-22/h4-9,12-15,21,27H,1-3,10-11,16-19H2,(H,24,25)/t21-/m1/s1. The van der Waals surface area contributed by atoms with E-state index in [4.69, 9.17) is 4.74 Å². The normalized spacial score (nSPS) is 11.7. The summed E-state index contributed by atoms with van der Waals surface area (Å²) in [5.41, 5.74) is 1.18. The van der Waals surface area contributed by atoms with Gasteiger partial charge in [0.2, 0.25) is 5.91 Å². The molecule has 146 valence electrons. The summed E-state index contributed by atoms with van der Waals surface area (Å²) in [6, 6.07) is 20.1. The number of hydrogen-bond donors (Lipinski definition) is 2. The van der Waals surface area contributed by atoms with E-state index < -0.39 is 0 Å². The monoisotopic (exact) mass is 385 g/mol. The van der Waals surface area contributed by atoms with Crippen molar-refractivity contribution in [3.8, 4) is 5.75 Å². The van der Waals surface area contributed by atoms with E-state index in [0.29, 0.717) is 5.75 Å². The second kappa shape index (κ2) is 13.3. The fourth-order valence-corrected chi connectivity index (χ4v) is 3.25. The van der Waals surface area contributed by atoms with E-state index in [1.165, 1.54) is 12.0 Å². The van der Waals surface area contributed by atoms with Crippen LogP contribution in [0.1, 0.15) is 37.7 Å². The number of hydrogen-bond acceptors (Lipinski definition) is 3. The molecule has 0 spiro atoms. The zero-order valence-electron chi connectivity index (χ0n) is 16.0. The molecule has 0 aromatic heterocycles. The molecule has 0 saturated carbocycles. The molecule has 1 N–H and O–H groups in total. The molecule has 0 aliphatic carbocycles. The molecular weight excluding hydrogens is 354 g/mol. The summed E-state index contributed by atoms with van der Waals surface area (Å²) in [6.07, 6.45) is 6.31. The number of carbonyl (C=O) groups excluding carboxylic acids is 1. The van der Waals surface area contributed by atoms with E-state index in [1.807, 2.05) is 48.5 Å². The van der Waals surface area contributed by atoms with Crippen LogP contribution in [0, 0.1) is 5.92 Å². The average molecular weight is 386 g/mol. The molecule has 3 nitrogen and oxygen atoms in total. The van der Waals surface area contributed by atoms with Crippen molar-refractivity contribution in [1.82, 2.24) is 5.32 Å². The largest absolute Gasteiger partial charge is 0.494 e. The predicted molar refractivity (Wildman–Crippen MR) is 116 cm³/mol. The summed E-state index contributed by atoms with van der Waals surface area (Å²) < 4.78 is 5.69. The summed E-state index contributed by atoms with van der Waals surface area (Å²) in [5.74, 6) is 1.56. The van der Waals surface area contributed by atoms with Gasteiger partial charge >= 0.3 is 0 Å². The summed E-state index contributed by atoms with van der Waals surface area (Å²) in [6.45, 7) is 1.52. The van der Waals surface area contributed by atoms with Crippen LogP contribution in [0.4, 0.5) is 0 Å².